The summed E-state index contributed by atoms with van der Waals surface area (Å²) >= 11 is 0. The Labute approximate surface area is 254 Å². The number of pyridine rings is 1. The Hall–Kier alpha value is -4.20. The number of benzene rings is 1. The van der Waals surface area contributed by atoms with Crippen LogP contribution in [-0.2, 0) is 10.2 Å². The summed E-state index contributed by atoms with van der Waals surface area (Å²) in [5, 5.41) is 7.78. The van der Waals surface area contributed by atoms with Crippen molar-refractivity contribution in [2.45, 2.75) is 85.2 Å². The Balaban J connectivity index is 1.54. The van der Waals surface area contributed by atoms with Crippen molar-refractivity contribution >= 4 is 40.7 Å². The molecule has 8 heteroatoms. The van der Waals surface area contributed by atoms with Crippen LogP contribution in [0.15, 0.2) is 43.4 Å². The zero-order chi connectivity index (χ0) is 31.2. The van der Waals surface area contributed by atoms with Crippen LogP contribution in [0.2, 0.25) is 0 Å². The van der Waals surface area contributed by atoms with E-state index in [-0.39, 0.29) is 23.9 Å². The minimum Gasteiger partial charge on any atom is -0.355 e. The van der Waals surface area contributed by atoms with Crippen LogP contribution in [0.25, 0.3) is 17.3 Å². The number of aromatic nitrogens is 3. The van der Waals surface area contributed by atoms with E-state index in [1.165, 1.54) is 0 Å². The lowest BCUT2D eigenvalue weighted by atomic mass is 9.77. The van der Waals surface area contributed by atoms with Gasteiger partial charge in [0.15, 0.2) is 0 Å². The number of anilines is 2. The molecular formula is C35H44N6O2. The smallest absolute Gasteiger partial charge is 0.251 e. The molecule has 1 aliphatic heterocycles. The molecule has 2 N–H and O–H groups in total. The summed E-state index contributed by atoms with van der Waals surface area (Å²) in [6, 6.07) is 8.48. The first-order valence-electron chi connectivity index (χ1n) is 15.3. The van der Waals surface area contributed by atoms with E-state index in [1.54, 1.807) is 19.3 Å². The zero-order valence-electron chi connectivity index (χ0n) is 26.7. The second-order valence-corrected chi connectivity index (χ2v) is 12.8. The number of carbonyl (C=O) groups excluding carboxylic acids is 2. The van der Waals surface area contributed by atoms with Gasteiger partial charge in [-0.1, -0.05) is 32.1 Å². The first-order valence-corrected chi connectivity index (χ1v) is 15.3. The van der Waals surface area contributed by atoms with E-state index in [0.717, 1.165) is 63.6 Å². The molecule has 3 heterocycles. The molecular weight excluding hydrogens is 536 g/mol. The van der Waals surface area contributed by atoms with Gasteiger partial charge in [-0.15, -0.1) is 0 Å². The predicted molar refractivity (Wildman–Crippen MR) is 174 cm³/mol. The van der Waals surface area contributed by atoms with Crippen molar-refractivity contribution in [3.8, 4) is 0 Å². The molecule has 1 fully saturated rings. The third-order valence-corrected chi connectivity index (χ3v) is 9.14. The molecule has 8 nitrogen and oxygen atoms in total. The molecule has 0 spiro atoms. The lowest BCUT2D eigenvalue weighted by Crippen LogP contribution is -2.49. The van der Waals surface area contributed by atoms with Gasteiger partial charge in [0.1, 0.15) is 5.82 Å². The predicted octanol–water partition coefficient (Wildman–Crippen LogP) is 5.07. The average molecular weight is 581 g/mol. The van der Waals surface area contributed by atoms with Crippen LogP contribution in [0, 0.1) is 12.8 Å². The zero-order valence-corrected chi connectivity index (χ0v) is 26.7. The number of imidazole rings is 1. The second-order valence-electron chi connectivity index (χ2n) is 12.8. The molecule has 1 aliphatic carbocycles. The van der Waals surface area contributed by atoms with Crippen LogP contribution in [0.3, 0.4) is 0 Å². The molecule has 1 saturated carbocycles. The van der Waals surface area contributed by atoms with Crippen molar-refractivity contribution in [3.05, 3.63) is 76.3 Å². The maximum atomic E-state index is 13.6. The summed E-state index contributed by atoms with van der Waals surface area (Å²) in [4.78, 5) is 37.3. The highest BCUT2D eigenvalue weighted by Gasteiger charge is 2.48. The second kappa shape index (κ2) is 11.5. The Bertz CT molecular complexity index is 1720. The van der Waals surface area contributed by atoms with E-state index >= 15 is 0 Å². The maximum absolute atomic E-state index is 13.6. The minimum atomic E-state index is -0.543. The number of carbonyl (C=O) groups is 2. The lowest BCUT2D eigenvalue weighted by molar-refractivity contribution is -0.123. The van der Waals surface area contributed by atoms with Crippen molar-refractivity contribution < 1.29 is 9.59 Å². The van der Waals surface area contributed by atoms with Crippen LogP contribution in [0.1, 0.15) is 93.9 Å². The van der Waals surface area contributed by atoms with Crippen LogP contribution in [-0.4, -0.2) is 39.4 Å². The van der Waals surface area contributed by atoms with Gasteiger partial charge in [0.05, 0.1) is 22.4 Å². The monoisotopic (exact) mass is 580 g/mol. The molecule has 43 heavy (non-hydrogen) atoms. The normalized spacial score (nSPS) is 20.2. The Morgan fingerprint density at radius 1 is 1.21 bits per heavy atom. The number of amides is 2. The molecule has 2 aromatic heterocycles. The Morgan fingerprint density at radius 2 is 1.93 bits per heavy atom. The molecule has 0 atom stereocenters. The molecule has 1 aromatic carbocycles. The van der Waals surface area contributed by atoms with E-state index in [0.29, 0.717) is 17.3 Å². The fourth-order valence-electron chi connectivity index (χ4n) is 6.32. The standard InChI is InChI=1S/C35H44N6O2/c1-10-24-14-26(15-24)41-30-16-25(11-12-28(30)35(7,8)34(41)43)21(4)13-29-32(40(19-38-29)20(2)3)23(6)39-31-17-27(33(42)36-9)22(5)18-37-31/h11-13,16-20,24,26H,4,10,14-15H2,1-3,5-9H3,(H,36,42)(H,37,39)/b29-13+,32-23-. The topological polar surface area (TPSA) is 92.2 Å². The third-order valence-electron chi connectivity index (χ3n) is 9.14. The minimum absolute atomic E-state index is 0.154. The number of nitrogens with zero attached hydrogens (tertiary/aromatic N) is 4. The van der Waals surface area contributed by atoms with Gasteiger partial charge in [-0.3, -0.25) is 9.59 Å². The van der Waals surface area contributed by atoms with Gasteiger partial charge in [-0.25, -0.2) is 9.97 Å². The van der Waals surface area contributed by atoms with Gasteiger partial charge in [0.25, 0.3) is 5.91 Å². The van der Waals surface area contributed by atoms with E-state index in [9.17, 15) is 9.59 Å². The number of hydrogen-bond donors (Lipinski definition) is 2. The Kier molecular flexibility index (Phi) is 8.07. The van der Waals surface area contributed by atoms with Crippen molar-refractivity contribution in [1.82, 2.24) is 19.9 Å². The molecule has 0 radical (unpaired) electrons. The number of fused-ring (bicyclic) bond motifs is 1. The lowest BCUT2D eigenvalue weighted by Gasteiger charge is -2.41. The van der Waals surface area contributed by atoms with Crippen LogP contribution < -0.4 is 26.2 Å². The molecule has 226 valence electrons. The summed E-state index contributed by atoms with van der Waals surface area (Å²) in [5.74, 6) is 1.31. The first-order chi connectivity index (χ1) is 20.4. The largest absolute Gasteiger partial charge is 0.355 e. The van der Waals surface area contributed by atoms with Crippen LogP contribution in [0.4, 0.5) is 11.5 Å². The van der Waals surface area contributed by atoms with E-state index in [4.69, 9.17) is 4.98 Å². The number of aryl methyl sites for hydroxylation is 1. The number of allylic oxidation sites excluding steroid dienone is 1. The fraction of sp³-hybridized carbons (Fsp3) is 0.429. The molecule has 5 rings (SSSR count). The van der Waals surface area contributed by atoms with Gasteiger partial charge in [0, 0.05) is 42.3 Å². The van der Waals surface area contributed by atoms with Crippen molar-refractivity contribution in [1.29, 1.82) is 0 Å². The van der Waals surface area contributed by atoms with Crippen LogP contribution >= 0.6 is 0 Å². The summed E-state index contributed by atoms with van der Waals surface area (Å²) in [6.07, 6.45) is 8.83. The van der Waals surface area contributed by atoms with Crippen molar-refractivity contribution in [2.24, 2.45) is 5.92 Å². The van der Waals surface area contributed by atoms with Gasteiger partial charge < -0.3 is 20.1 Å². The molecule has 0 unspecified atom stereocenters. The molecule has 0 bridgehead atoms. The summed E-state index contributed by atoms with van der Waals surface area (Å²) in [5.41, 5.74) is 5.56. The van der Waals surface area contributed by atoms with E-state index in [1.807, 2.05) is 40.1 Å². The average Bonchev–Trinajstić information content (AvgIpc) is 3.45. The highest BCUT2D eigenvalue weighted by Crippen LogP contribution is 2.48. The summed E-state index contributed by atoms with van der Waals surface area (Å²) in [7, 11) is 1.62. The Morgan fingerprint density at radius 3 is 2.58 bits per heavy atom. The SMILES string of the molecule is C=C(/C=c1/ncn(C(C)C)/c1=C(/C)Nc1cc(C(=O)NC)c(C)cn1)c1ccc2c(c1)N(C1CC(CC)C1)C(=O)C2(C)C. The number of hydrogen-bond acceptors (Lipinski definition) is 5. The third kappa shape index (κ3) is 5.39. The molecule has 0 saturated heterocycles. The van der Waals surface area contributed by atoms with Gasteiger partial charge in [0.2, 0.25) is 5.91 Å². The quantitative estimate of drug-likeness (QED) is 0.388. The van der Waals surface area contributed by atoms with Crippen LogP contribution in [0.5, 0.6) is 0 Å². The first kappa shape index (κ1) is 30.3. The number of rotatable bonds is 8. The maximum Gasteiger partial charge on any atom is 0.251 e. The van der Waals surface area contributed by atoms with Gasteiger partial charge in [-0.05, 0) is 101 Å². The molecule has 2 amide bonds. The molecule has 3 aromatic rings. The highest BCUT2D eigenvalue weighted by atomic mass is 16.2. The highest BCUT2D eigenvalue weighted by molar-refractivity contribution is 6.08. The van der Waals surface area contributed by atoms with E-state index in [2.05, 4.69) is 70.6 Å². The van der Waals surface area contributed by atoms with Gasteiger partial charge in [-0.2, -0.15) is 0 Å². The van der Waals surface area contributed by atoms with Crippen molar-refractivity contribution in [2.75, 3.05) is 17.3 Å². The number of nitrogens with one attached hydrogen (secondary N) is 2. The summed E-state index contributed by atoms with van der Waals surface area (Å²) in [6.45, 7) is 18.8. The fourth-order valence-corrected chi connectivity index (χ4v) is 6.32. The van der Waals surface area contributed by atoms with E-state index < -0.39 is 5.41 Å². The van der Waals surface area contributed by atoms with Gasteiger partial charge >= 0.3 is 0 Å². The molecule has 2 aliphatic rings. The van der Waals surface area contributed by atoms with Crippen molar-refractivity contribution in [3.63, 3.8) is 0 Å². The summed E-state index contributed by atoms with van der Waals surface area (Å²) < 4.78 is 2.11.